The van der Waals surface area contributed by atoms with Crippen molar-refractivity contribution >= 4 is 0 Å². The van der Waals surface area contributed by atoms with Crippen molar-refractivity contribution in [1.82, 2.24) is 0 Å². The summed E-state index contributed by atoms with van der Waals surface area (Å²) in [6, 6.07) is 0. The first-order chi connectivity index (χ1) is 5.62. The molecule has 68 valence electrons. The zero-order valence-corrected chi connectivity index (χ0v) is 8.01. The maximum absolute atomic E-state index is 9.99. The topological polar surface area (TPSA) is 20.2 Å². The van der Waals surface area contributed by atoms with Crippen LogP contribution in [0.3, 0.4) is 0 Å². The van der Waals surface area contributed by atoms with Gasteiger partial charge in [-0.2, -0.15) is 0 Å². The van der Waals surface area contributed by atoms with Gasteiger partial charge in [0.05, 0.1) is 5.60 Å². The summed E-state index contributed by atoms with van der Waals surface area (Å²) in [5.74, 6) is 0. The van der Waals surface area contributed by atoms with Crippen molar-refractivity contribution in [3.05, 3.63) is 23.8 Å². The van der Waals surface area contributed by atoms with Gasteiger partial charge in [-0.1, -0.05) is 23.8 Å². The fourth-order valence-electron chi connectivity index (χ4n) is 1.46. The summed E-state index contributed by atoms with van der Waals surface area (Å²) in [5, 5.41) is 9.99. The predicted octanol–water partition coefficient (Wildman–Crippen LogP) is 2.81. The summed E-state index contributed by atoms with van der Waals surface area (Å²) < 4.78 is 0. The summed E-state index contributed by atoms with van der Waals surface area (Å²) in [6.45, 7) is 4.13. The zero-order valence-electron chi connectivity index (χ0n) is 8.01. The van der Waals surface area contributed by atoms with Crippen LogP contribution in [0, 0.1) is 0 Å². The minimum atomic E-state index is -0.546. The molecule has 0 fully saturated rings. The molecule has 1 aliphatic rings. The minimum Gasteiger partial charge on any atom is -0.385 e. The van der Waals surface area contributed by atoms with Crippen LogP contribution in [0.2, 0.25) is 0 Å². The molecule has 0 bridgehead atoms. The lowest BCUT2D eigenvalue weighted by Crippen LogP contribution is -2.26. The van der Waals surface area contributed by atoms with E-state index in [9.17, 15) is 5.11 Å². The van der Waals surface area contributed by atoms with Gasteiger partial charge in [0.2, 0.25) is 0 Å². The Kier molecular flexibility index (Phi) is 3.10. The highest BCUT2D eigenvalue weighted by molar-refractivity contribution is 5.09. The van der Waals surface area contributed by atoms with Gasteiger partial charge in [0.25, 0.3) is 0 Å². The van der Waals surface area contributed by atoms with Crippen LogP contribution in [0.4, 0.5) is 0 Å². The third-order valence-corrected chi connectivity index (χ3v) is 2.27. The van der Waals surface area contributed by atoms with Gasteiger partial charge in [-0.25, -0.2) is 0 Å². The van der Waals surface area contributed by atoms with Crippen LogP contribution >= 0.6 is 0 Å². The number of hydrogen-bond donors (Lipinski definition) is 1. The SMILES string of the molecule is CC(C)=CCC1(O)C=CCCC1. The first kappa shape index (κ1) is 9.53. The van der Waals surface area contributed by atoms with Crippen molar-refractivity contribution < 1.29 is 5.11 Å². The highest BCUT2D eigenvalue weighted by Crippen LogP contribution is 2.25. The van der Waals surface area contributed by atoms with Crippen LogP contribution in [-0.4, -0.2) is 10.7 Å². The third kappa shape index (κ3) is 2.82. The van der Waals surface area contributed by atoms with Gasteiger partial charge >= 0.3 is 0 Å². The van der Waals surface area contributed by atoms with E-state index in [1.165, 1.54) is 5.57 Å². The van der Waals surface area contributed by atoms with Gasteiger partial charge in [-0.3, -0.25) is 0 Å². The van der Waals surface area contributed by atoms with Crippen molar-refractivity contribution in [2.24, 2.45) is 0 Å². The molecule has 12 heavy (non-hydrogen) atoms. The van der Waals surface area contributed by atoms with E-state index in [0.717, 1.165) is 25.7 Å². The van der Waals surface area contributed by atoms with Crippen LogP contribution in [-0.2, 0) is 0 Å². The Morgan fingerprint density at radius 2 is 2.33 bits per heavy atom. The average Bonchev–Trinajstić information content (AvgIpc) is 2.03. The predicted molar refractivity (Wildman–Crippen MR) is 52.0 cm³/mol. The largest absolute Gasteiger partial charge is 0.385 e. The molecule has 0 aromatic heterocycles. The van der Waals surface area contributed by atoms with Crippen LogP contribution in [0.5, 0.6) is 0 Å². The molecule has 0 saturated heterocycles. The molecule has 0 heterocycles. The quantitative estimate of drug-likeness (QED) is 0.625. The highest BCUT2D eigenvalue weighted by Gasteiger charge is 2.23. The van der Waals surface area contributed by atoms with E-state index in [-0.39, 0.29) is 0 Å². The van der Waals surface area contributed by atoms with Gasteiger partial charge < -0.3 is 5.11 Å². The molecule has 1 unspecified atom stereocenters. The number of hydrogen-bond acceptors (Lipinski definition) is 1. The third-order valence-electron chi connectivity index (χ3n) is 2.27. The second-order valence-electron chi connectivity index (χ2n) is 3.88. The van der Waals surface area contributed by atoms with E-state index in [1.54, 1.807) is 0 Å². The van der Waals surface area contributed by atoms with E-state index < -0.39 is 5.60 Å². The van der Waals surface area contributed by atoms with Crippen LogP contribution in [0.15, 0.2) is 23.8 Å². The fourth-order valence-corrected chi connectivity index (χ4v) is 1.46. The Labute approximate surface area is 74.8 Å². The zero-order chi connectivity index (χ0) is 9.03. The molecular weight excluding hydrogens is 148 g/mol. The van der Waals surface area contributed by atoms with Crippen molar-refractivity contribution in [1.29, 1.82) is 0 Å². The molecule has 1 N–H and O–H groups in total. The molecule has 0 amide bonds. The molecular formula is C11H18O. The van der Waals surface area contributed by atoms with Gasteiger partial charge in [0.1, 0.15) is 0 Å². The van der Waals surface area contributed by atoms with E-state index in [1.807, 2.05) is 6.08 Å². The summed E-state index contributed by atoms with van der Waals surface area (Å²) >= 11 is 0. The number of rotatable bonds is 2. The van der Waals surface area contributed by atoms with Crippen molar-refractivity contribution in [3.63, 3.8) is 0 Å². The van der Waals surface area contributed by atoms with Crippen LogP contribution in [0.1, 0.15) is 39.5 Å². The molecule has 0 aliphatic heterocycles. The van der Waals surface area contributed by atoms with E-state index in [4.69, 9.17) is 0 Å². The van der Waals surface area contributed by atoms with Gasteiger partial charge in [-0.05, 0) is 39.5 Å². The Bertz CT molecular complexity index is 199. The Morgan fingerprint density at radius 3 is 2.83 bits per heavy atom. The standard InChI is InChI=1S/C11H18O/c1-10(2)6-9-11(12)7-4-3-5-8-11/h4,6-7,12H,3,5,8-9H2,1-2H3. The molecule has 1 atom stereocenters. The smallest absolute Gasteiger partial charge is 0.0862 e. The molecule has 0 radical (unpaired) electrons. The van der Waals surface area contributed by atoms with E-state index in [2.05, 4.69) is 26.0 Å². The minimum absolute atomic E-state index is 0.546. The molecule has 1 rings (SSSR count). The molecule has 1 heteroatoms. The van der Waals surface area contributed by atoms with Crippen molar-refractivity contribution in [2.75, 3.05) is 0 Å². The van der Waals surface area contributed by atoms with E-state index >= 15 is 0 Å². The lowest BCUT2D eigenvalue weighted by atomic mass is 9.88. The van der Waals surface area contributed by atoms with Crippen LogP contribution in [0.25, 0.3) is 0 Å². The second kappa shape index (κ2) is 3.90. The summed E-state index contributed by atoms with van der Waals surface area (Å²) in [6.07, 6.45) is 10.1. The average molecular weight is 166 g/mol. The summed E-state index contributed by atoms with van der Waals surface area (Å²) in [5.41, 5.74) is 0.734. The maximum Gasteiger partial charge on any atom is 0.0862 e. The van der Waals surface area contributed by atoms with Crippen molar-refractivity contribution in [3.8, 4) is 0 Å². The van der Waals surface area contributed by atoms with Gasteiger partial charge in [-0.15, -0.1) is 0 Å². The fraction of sp³-hybridized carbons (Fsp3) is 0.636. The monoisotopic (exact) mass is 166 g/mol. The molecule has 0 spiro atoms. The lowest BCUT2D eigenvalue weighted by Gasteiger charge is -2.26. The molecule has 1 aliphatic carbocycles. The summed E-state index contributed by atoms with van der Waals surface area (Å²) in [7, 11) is 0. The first-order valence-corrected chi connectivity index (χ1v) is 4.66. The van der Waals surface area contributed by atoms with Crippen LogP contribution < -0.4 is 0 Å². The molecule has 1 nitrogen and oxygen atoms in total. The normalized spacial score (nSPS) is 28.6. The van der Waals surface area contributed by atoms with Gasteiger partial charge in [0, 0.05) is 0 Å². The van der Waals surface area contributed by atoms with Crippen molar-refractivity contribution in [2.45, 2.75) is 45.1 Å². The van der Waals surface area contributed by atoms with E-state index in [0.29, 0.717) is 0 Å². The second-order valence-corrected chi connectivity index (χ2v) is 3.88. The molecule has 0 saturated carbocycles. The maximum atomic E-state index is 9.99. The first-order valence-electron chi connectivity index (χ1n) is 4.66. The summed E-state index contributed by atoms with van der Waals surface area (Å²) in [4.78, 5) is 0. The number of aliphatic hydroxyl groups is 1. The lowest BCUT2D eigenvalue weighted by molar-refractivity contribution is 0.0777. The Balaban J connectivity index is 2.53. The van der Waals surface area contributed by atoms with Gasteiger partial charge in [0.15, 0.2) is 0 Å². The Hall–Kier alpha value is -0.560. The Morgan fingerprint density at radius 1 is 1.58 bits per heavy atom. The molecule has 0 aromatic rings. The molecule has 0 aromatic carbocycles. The highest BCUT2D eigenvalue weighted by atomic mass is 16.3. The number of allylic oxidation sites excluding steroid dienone is 2.